The summed E-state index contributed by atoms with van der Waals surface area (Å²) < 4.78 is 5.93. The normalized spacial score (nSPS) is 10.7. The molecule has 0 aliphatic rings. The van der Waals surface area contributed by atoms with Gasteiger partial charge in [-0.25, -0.2) is 0 Å². The van der Waals surface area contributed by atoms with Crippen molar-refractivity contribution in [1.82, 2.24) is 9.97 Å². The van der Waals surface area contributed by atoms with E-state index in [9.17, 15) is 4.79 Å². The average Bonchev–Trinajstić information content (AvgIpc) is 2.63. The van der Waals surface area contributed by atoms with Gasteiger partial charge in [-0.15, -0.1) is 0 Å². The Morgan fingerprint density at radius 3 is 2.50 bits per heavy atom. The molecule has 0 unspecified atom stereocenters. The van der Waals surface area contributed by atoms with E-state index in [1.165, 1.54) is 6.07 Å². The summed E-state index contributed by atoms with van der Waals surface area (Å²) in [5.74, 6) is 1.22. The highest BCUT2D eigenvalue weighted by Crippen LogP contribution is 2.29. The molecule has 4 heteroatoms. The summed E-state index contributed by atoms with van der Waals surface area (Å²) in [5.41, 5.74) is 2.68. The van der Waals surface area contributed by atoms with Crippen molar-refractivity contribution in [1.29, 1.82) is 0 Å². The lowest BCUT2D eigenvalue weighted by molar-refractivity contribution is 0.487. The zero-order chi connectivity index (χ0) is 16.4. The first-order chi connectivity index (χ1) is 11.8. The first-order valence-corrected chi connectivity index (χ1v) is 7.60. The van der Waals surface area contributed by atoms with Gasteiger partial charge in [-0.3, -0.25) is 9.78 Å². The summed E-state index contributed by atoms with van der Waals surface area (Å²) in [6.45, 7) is 0. The third-order valence-corrected chi connectivity index (χ3v) is 3.79. The van der Waals surface area contributed by atoms with E-state index in [4.69, 9.17) is 4.74 Å². The summed E-state index contributed by atoms with van der Waals surface area (Å²) in [5, 5.41) is 0.869. The fourth-order valence-corrected chi connectivity index (χ4v) is 2.63. The van der Waals surface area contributed by atoms with E-state index < -0.39 is 0 Å². The van der Waals surface area contributed by atoms with Gasteiger partial charge < -0.3 is 9.72 Å². The van der Waals surface area contributed by atoms with Crippen LogP contribution in [0.1, 0.15) is 0 Å². The van der Waals surface area contributed by atoms with Crippen molar-refractivity contribution < 1.29 is 4.74 Å². The van der Waals surface area contributed by atoms with Crippen LogP contribution in [0.2, 0.25) is 0 Å². The highest BCUT2D eigenvalue weighted by molar-refractivity contribution is 5.84. The molecule has 116 valence electrons. The lowest BCUT2D eigenvalue weighted by atomic mass is 10.1. The van der Waals surface area contributed by atoms with Gasteiger partial charge in [0.15, 0.2) is 0 Å². The maximum Gasteiger partial charge on any atom is 0.252 e. The molecule has 0 atom stereocenters. The molecule has 0 saturated heterocycles. The fraction of sp³-hybridized carbons (Fsp3) is 0. The minimum Gasteiger partial charge on any atom is -0.456 e. The lowest BCUT2D eigenvalue weighted by Crippen LogP contribution is -2.04. The summed E-state index contributed by atoms with van der Waals surface area (Å²) in [6, 6.07) is 20.7. The van der Waals surface area contributed by atoms with Crippen LogP contribution in [0.15, 0.2) is 83.9 Å². The van der Waals surface area contributed by atoms with Crippen LogP contribution in [0, 0.1) is 0 Å². The van der Waals surface area contributed by atoms with Crippen LogP contribution in [0.25, 0.3) is 22.0 Å². The second-order valence-corrected chi connectivity index (χ2v) is 5.41. The topological polar surface area (TPSA) is 55.0 Å². The quantitative estimate of drug-likeness (QED) is 0.610. The Bertz CT molecular complexity index is 1040. The van der Waals surface area contributed by atoms with Crippen LogP contribution in [0.3, 0.4) is 0 Å². The van der Waals surface area contributed by atoms with Crippen molar-refractivity contribution in [2.45, 2.75) is 0 Å². The Morgan fingerprint density at radius 2 is 1.71 bits per heavy atom. The molecule has 0 aliphatic heterocycles. The maximum absolute atomic E-state index is 11.8. The van der Waals surface area contributed by atoms with Crippen molar-refractivity contribution >= 4 is 10.9 Å². The highest BCUT2D eigenvalue weighted by atomic mass is 16.5. The van der Waals surface area contributed by atoms with Crippen molar-refractivity contribution in [3.63, 3.8) is 0 Å². The number of ether oxygens (including phenoxy) is 1. The Balaban J connectivity index is 1.68. The van der Waals surface area contributed by atoms with Gasteiger partial charge in [0, 0.05) is 23.8 Å². The molecule has 0 radical (unpaired) electrons. The molecule has 4 aromatic rings. The van der Waals surface area contributed by atoms with Crippen LogP contribution in [-0.2, 0) is 0 Å². The molecule has 0 bridgehead atoms. The van der Waals surface area contributed by atoms with Crippen LogP contribution in [-0.4, -0.2) is 9.97 Å². The number of H-pyrrole nitrogens is 1. The summed E-state index contributed by atoms with van der Waals surface area (Å²) in [4.78, 5) is 18.7. The number of pyridine rings is 2. The number of benzene rings is 2. The molecular weight excluding hydrogens is 300 g/mol. The second kappa shape index (κ2) is 6.01. The average molecular weight is 314 g/mol. The minimum atomic E-state index is -0.185. The molecule has 0 amide bonds. The maximum atomic E-state index is 11.8. The summed E-state index contributed by atoms with van der Waals surface area (Å²) in [7, 11) is 0. The predicted molar refractivity (Wildman–Crippen MR) is 94.3 cm³/mol. The molecule has 4 nitrogen and oxygen atoms in total. The third-order valence-electron chi connectivity index (χ3n) is 3.79. The first kappa shape index (κ1) is 14.2. The molecule has 4 rings (SSSR count). The van der Waals surface area contributed by atoms with Gasteiger partial charge in [0.25, 0.3) is 5.56 Å². The molecule has 0 fully saturated rings. The Morgan fingerprint density at radius 1 is 0.875 bits per heavy atom. The Hall–Kier alpha value is -3.40. The molecule has 0 aliphatic carbocycles. The van der Waals surface area contributed by atoms with Crippen LogP contribution >= 0.6 is 0 Å². The van der Waals surface area contributed by atoms with Gasteiger partial charge in [0.1, 0.15) is 11.5 Å². The Labute approximate surface area is 138 Å². The second-order valence-electron chi connectivity index (χ2n) is 5.41. The smallest absolute Gasteiger partial charge is 0.252 e. The molecule has 1 N–H and O–H groups in total. The number of fused-ring (bicyclic) bond motifs is 1. The van der Waals surface area contributed by atoms with E-state index in [0.29, 0.717) is 11.5 Å². The van der Waals surface area contributed by atoms with Gasteiger partial charge in [0.2, 0.25) is 0 Å². The number of aromatic nitrogens is 2. The number of hydrogen-bond donors (Lipinski definition) is 1. The molecule has 2 aromatic heterocycles. The van der Waals surface area contributed by atoms with E-state index in [-0.39, 0.29) is 5.56 Å². The van der Waals surface area contributed by atoms with Crippen LogP contribution in [0.4, 0.5) is 0 Å². The molecule has 2 aromatic carbocycles. The van der Waals surface area contributed by atoms with Crippen molar-refractivity contribution in [2.75, 3.05) is 0 Å². The molecular formula is C20H14N2O2. The van der Waals surface area contributed by atoms with E-state index >= 15 is 0 Å². The SMILES string of the molecule is O=c1cc(Oc2ccc(-c3cccnc3)cc2)c2ccccc2[nH]1. The number of nitrogens with one attached hydrogen (secondary N) is 1. The largest absolute Gasteiger partial charge is 0.456 e. The number of para-hydroxylation sites is 1. The summed E-state index contributed by atoms with van der Waals surface area (Å²) in [6.07, 6.45) is 3.57. The first-order valence-electron chi connectivity index (χ1n) is 7.60. The zero-order valence-electron chi connectivity index (χ0n) is 12.8. The highest BCUT2D eigenvalue weighted by Gasteiger charge is 2.06. The van der Waals surface area contributed by atoms with E-state index in [1.807, 2.05) is 66.9 Å². The van der Waals surface area contributed by atoms with Gasteiger partial charge in [-0.2, -0.15) is 0 Å². The third kappa shape index (κ3) is 2.77. The Kier molecular flexibility index (Phi) is 3.56. The number of aromatic amines is 1. The standard InChI is InChI=1S/C20H14N2O2/c23-20-12-19(17-5-1-2-6-18(17)22-20)24-16-9-7-14(8-10-16)15-4-3-11-21-13-15/h1-13H,(H,22,23). The fourth-order valence-electron chi connectivity index (χ4n) is 2.63. The van der Waals surface area contributed by atoms with Gasteiger partial charge >= 0.3 is 0 Å². The minimum absolute atomic E-state index is 0.185. The molecule has 2 heterocycles. The van der Waals surface area contributed by atoms with Crippen LogP contribution < -0.4 is 10.3 Å². The van der Waals surface area contributed by atoms with Crippen molar-refractivity contribution in [3.05, 3.63) is 89.5 Å². The van der Waals surface area contributed by atoms with Gasteiger partial charge in [-0.05, 0) is 41.5 Å². The monoisotopic (exact) mass is 314 g/mol. The van der Waals surface area contributed by atoms with E-state index in [0.717, 1.165) is 22.0 Å². The van der Waals surface area contributed by atoms with E-state index in [1.54, 1.807) is 6.20 Å². The molecule has 0 spiro atoms. The number of hydrogen-bond acceptors (Lipinski definition) is 3. The van der Waals surface area contributed by atoms with Gasteiger partial charge in [0.05, 0.1) is 5.52 Å². The van der Waals surface area contributed by atoms with Crippen LogP contribution in [0.5, 0.6) is 11.5 Å². The number of nitrogens with zero attached hydrogens (tertiary/aromatic N) is 1. The number of rotatable bonds is 3. The zero-order valence-corrected chi connectivity index (χ0v) is 12.8. The molecule has 0 saturated carbocycles. The summed E-state index contributed by atoms with van der Waals surface area (Å²) >= 11 is 0. The predicted octanol–water partition coefficient (Wildman–Crippen LogP) is 4.38. The van der Waals surface area contributed by atoms with E-state index in [2.05, 4.69) is 9.97 Å². The van der Waals surface area contributed by atoms with Crippen molar-refractivity contribution in [2.24, 2.45) is 0 Å². The van der Waals surface area contributed by atoms with Gasteiger partial charge in [-0.1, -0.05) is 30.3 Å². The van der Waals surface area contributed by atoms with Crippen molar-refractivity contribution in [3.8, 4) is 22.6 Å². The lowest BCUT2D eigenvalue weighted by Gasteiger charge is -2.09. The molecule has 24 heavy (non-hydrogen) atoms.